The minimum Gasteiger partial charge on any atom is -0.484 e. The molecule has 1 aromatic carbocycles. The van der Waals surface area contributed by atoms with Crippen LogP contribution in [0.3, 0.4) is 0 Å². The Balaban J connectivity index is 1.41. The summed E-state index contributed by atoms with van der Waals surface area (Å²) in [5.74, 6) is 1.57. The van der Waals surface area contributed by atoms with Gasteiger partial charge in [0.25, 0.3) is 5.91 Å². The zero-order valence-electron chi connectivity index (χ0n) is 16.5. The molecule has 3 rings (SSSR count). The van der Waals surface area contributed by atoms with Gasteiger partial charge in [0.05, 0.1) is 0 Å². The highest BCUT2D eigenvalue weighted by Crippen LogP contribution is 2.25. The van der Waals surface area contributed by atoms with E-state index in [-0.39, 0.29) is 12.5 Å². The number of nitrogens with zero attached hydrogens (tertiary/aromatic N) is 3. The molecule has 1 amide bonds. The molecule has 0 aliphatic carbocycles. The molecule has 0 N–H and O–H groups in total. The molecule has 0 radical (unpaired) electrons. The minimum absolute atomic E-state index is 0.108. The van der Waals surface area contributed by atoms with Crippen LogP contribution in [0, 0.1) is 12.8 Å². The lowest BCUT2D eigenvalue weighted by molar-refractivity contribution is -0.135. The van der Waals surface area contributed by atoms with Gasteiger partial charge in [-0.25, -0.2) is 0 Å². The molecular weight excluding hydrogens is 326 g/mol. The van der Waals surface area contributed by atoms with Gasteiger partial charge in [-0.15, -0.1) is 0 Å². The Morgan fingerprint density at radius 2 is 1.69 bits per heavy atom. The number of hydrogen-bond acceptors (Lipinski definition) is 4. The molecule has 1 aromatic rings. The first kappa shape index (κ1) is 19.2. The van der Waals surface area contributed by atoms with E-state index in [1.807, 2.05) is 36.1 Å². The zero-order chi connectivity index (χ0) is 18.5. The van der Waals surface area contributed by atoms with Crippen LogP contribution in [0.2, 0.25) is 0 Å². The van der Waals surface area contributed by atoms with Crippen LogP contribution in [-0.2, 0) is 4.79 Å². The highest BCUT2D eigenvalue weighted by molar-refractivity contribution is 5.77. The fourth-order valence-electron chi connectivity index (χ4n) is 4.03. The highest BCUT2D eigenvalue weighted by Gasteiger charge is 2.30. The summed E-state index contributed by atoms with van der Waals surface area (Å²) in [5, 5.41) is 0. The number of amides is 1. The zero-order valence-corrected chi connectivity index (χ0v) is 16.5. The molecule has 1 atom stereocenters. The first-order valence-corrected chi connectivity index (χ1v) is 9.93. The largest absolute Gasteiger partial charge is 0.484 e. The SMILES string of the molecule is Cc1ccc(OCC(=O)N2CCC([C@H](C)N3CCN(C)CC3)CC2)cc1. The van der Waals surface area contributed by atoms with Gasteiger partial charge in [-0.3, -0.25) is 9.69 Å². The van der Waals surface area contributed by atoms with Crippen LogP contribution >= 0.6 is 0 Å². The average Bonchev–Trinajstić information content (AvgIpc) is 2.67. The second kappa shape index (κ2) is 8.87. The fourth-order valence-corrected chi connectivity index (χ4v) is 4.03. The van der Waals surface area contributed by atoms with Crippen LogP contribution in [0.5, 0.6) is 5.75 Å². The topological polar surface area (TPSA) is 36.0 Å². The van der Waals surface area contributed by atoms with E-state index in [9.17, 15) is 4.79 Å². The number of hydrogen-bond donors (Lipinski definition) is 0. The van der Waals surface area contributed by atoms with Crippen LogP contribution in [0.1, 0.15) is 25.3 Å². The maximum Gasteiger partial charge on any atom is 0.260 e. The summed E-state index contributed by atoms with van der Waals surface area (Å²) in [5.41, 5.74) is 1.19. The monoisotopic (exact) mass is 359 g/mol. The number of carbonyl (C=O) groups is 1. The number of carbonyl (C=O) groups excluding carboxylic acids is 1. The summed E-state index contributed by atoms with van der Waals surface area (Å²) in [4.78, 5) is 19.4. The first-order chi connectivity index (χ1) is 12.5. The number of aryl methyl sites for hydroxylation is 1. The summed E-state index contributed by atoms with van der Waals surface area (Å²) in [6.45, 7) is 10.9. The van der Waals surface area contributed by atoms with Gasteiger partial charge in [0.1, 0.15) is 5.75 Å². The number of rotatable bonds is 5. The predicted octanol–water partition coefficient (Wildman–Crippen LogP) is 2.25. The van der Waals surface area contributed by atoms with Gasteiger partial charge in [-0.05, 0) is 51.8 Å². The van der Waals surface area contributed by atoms with E-state index in [0.29, 0.717) is 12.0 Å². The van der Waals surface area contributed by atoms with E-state index in [4.69, 9.17) is 4.74 Å². The minimum atomic E-state index is 0.108. The number of benzene rings is 1. The molecule has 0 unspecified atom stereocenters. The summed E-state index contributed by atoms with van der Waals surface area (Å²) in [7, 11) is 2.20. The van der Waals surface area contributed by atoms with Crippen LogP contribution in [0.4, 0.5) is 0 Å². The van der Waals surface area contributed by atoms with Gasteiger partial charge in [0, 0.05) is 45.3 Å². The summed E-state index contributed by atoms with van der Waals surface area (Å²) >= 11 is 0. The third-order valence-electron chi connectivity index (χ3n) is 6.07. The third-order valence-corrected chi connectivity index (χ3v) is 6.07. The molecule has 144 valence electrons. The Kier molecular flexibility index (Phi) is 6.54. The molecule has 0 aromatic heterocycles. The standard InChI is InChI=1S/C21H33N3O2/c1-17-4-6-20(7-5-17)26-16-21(25)24-10-8-19(9-11-24)18(2)23-14-12-22(3)13-15-23/h4-7,18-19H,8-16H2,1-3H3/t18-/m0/s1. The van der Waals surface area contributed by atoms with E-state index in [1.165, 1.54) is 18.7 Å². The summed E-state index contributed by atoms with van der Waals surface area (Å²) in [6, 6.07) is 8.47. The van der Waals surface area contributed by atoms with Crippen molar-refractivity contribution in [2.24, 2.45) is 5.92 Å². The Labute approximate surface area is 157 Å². The van der Waals surface area contributed by atoms with Crippen LogP contribution in [0.15, 0.2) is 24.3 Å². The molecule has 5 nitrogen and oxygen atoms in total. The molecule has 2 saturated heterocycles. The van der Waals surface area contributed by atoms with Crippen molar-refractivity contribution in [1.29, 1.82) is 0 Å². The molecular formula is C21H33N3O2. The highest BCUT2D eigenvalue weighted by atomic mass is 16.5. The van der Waals surface area contributed by atoms with E-state index in [1.54, 1.807) is 0 Å². The van der Waals surface area contributed by atoms with E-state index < -0.39 is 0 Å². The molecule has 0 bridgehead atoms. The quantitative estimate of drug-likeness (QED) is 0.808. The van der Waals surface area contributed by atoms with Gasteiger partial charge in [-0.1, -0.05) is 17.7 Å². The lowest BCUT2D eigenvalue weighted by atomic mass is 9.89. The number of piperazine rings is 1. The Morgan fingerprint density at radius 1 is 1.08 bits per heavy atom. The van der Waals surface area contributed by atoms with Gasteiger partial charge in [0.2, 0.25) is 0 Å². The Bertz CT molecular complexity index is 573. The molecule has 2 aliphatic heterocycles. The lowest BCUT2D eigenvalue weighted by Gasteiger charge is -2.42. The molecule has 2 heterocycles. The summed E-state index contributed by atoms with van der Waals surface area (Å²) < 4.78 is 5.65. The molecule has 5 heteroatoms. The molecule has 0 saturated carbocycles. The molecule has 26 heavy (non-hydrogen) atoms. The first-order valence-electron chi connectivity index (χ1n) is 9.93. The van der Waals surface area contributed by atoms with E-state index >= 15 is 0 Å². The van der Waals surface area contributed by atoms with Crippen molar-refractivity contribution in [3.8, 4) is 5.75 Å². The number of likely N-dealkylation sites (N-methyl/N-ethyl adjacent to an activating group) is 1. The van der Waals surface area contributed by atoms with Gasteiger partial charge >= 0.3 is 0 Å². The van der Waals surface area contributed by atoms with Crippen molar-refractivity contribution in [2.45, 2.75) is 32.7 Å². The average molecular weight is 360 g/mol. The Hall–Kier alpha value is -1.59. The van der Waals surface area contributed by atoms with Crippen LogP contribution < -0.4 is 4.74 Å². The fraction of sp³-hybridized carbons (Fsp3) is 0.667. The molecule has 2 aliphatic rings. The van der Waals surface area contributed by atoms with Crippen molar-refractivity contribution >= 4 is 5.91 Å². The smallest absolute Gasteiger partial charge is 0.260 e. The maximum absolute atomic E-state index is 12.4. The van der Waals surface area contributed by atoms with Crippen molar-refractivity contribution in [3.63, 3.8) is 0 Å². The van der Waals surface area contributed by atoms with E-state index in [2.05, 4.69) is 23.8 Å². The normalized spacial score (nSPS) is 21.6. The lowest BCUT2D eigenvalue weighted by Crippen LogP contribution is -2.52. The van der Waals surface area contributed by atoms with Crippen molar-refractivity contribution < 1.29 is 9.53 Å². The second-order valence-electron chi connectivity index (χ2n) is 7.90. The van der Waals surface area contributed by atoms with Crippen LogP contribution in [-0.4, -0.2) is 79.6 Å². The Morgan fingerprint density at radius 3 is 2.31 bits per heavy atom. The van der Waals surface area contributed by atoms with Gasteiger partial charge < -0.3 is 14.5 Å². The second-order valence-corrected chi connectivity index (χ2v) is 7.90. The maximum atomic E-state index is 12.4. The van der Waals surface area contributed by atoms with Gasteiger partial charge in [-0.2, -0.15) is 0 Å². The molecule has 0 spiro atoms. The van der Waals surface area contributed by atoms with Crippen molar-refractivity contribution in [2.75, 3.05) is 52.9 Å². The van der Waals surface area contributed by atoms with E-state index in [0.717, 1.165) is 44.8 Å². The number of piperidine rings is 1. The van der Waals surface area contributed by atoms with Crippen molar-refractivity contribution in [1.82, 2.24) is 14.7 Å². The van der Waals surface area contributed by atoms with Crippen LogP contribution in [0.25, 0.3) is 0 Å². The number of ether oxygens (including phenoxy) is 1. The summed E-state index contributed by atoms with van der Waals surface area (Å²) in [6.07, 6.45) is 2.20. The van der Waals surface area contributed by atoms with Gasteiger partial charge in [0.15, 0.2) is 6.61 Å². The number of likely N-dealkylation sites (tertiary alicyclic amines) is 1. The predicted molar refractivity (Wildman–Crippen MR) is 105 cm³/mol. The third kappa shape index (κ3) is 4.98. The van der Waals surface area contributed by atoms with Crippen molar-refractivity contribution in [3.05, 3.63) is 29.8 Å². The molecule has 2 fully saturated rings.